The first kappa shape index (κ1) is 17.0. The summed E-state index contributed by atoms with van der Waals surface area (Å²) in [6, 6.07) is 5.45. The molecule has 2 aromatic rings. The quantitative estimate of drug-likeness (QED) is 0.887. The van der Waals surface area contributed by atoms with Gasteiger partial charge in [-0.1, -0.05) is 11.6 Å². The molecule has 1 saturated heterocycles. The Kier molecular flexibility index (Phi) is 5.18. The third-order valence-corrected chi connectivity index (χ3v) is 6.90. The van der Waals surface area contributed by atoms with Gasteiger partial charge in [0, 0.05) is 39.6 Å². The van der Waals surface area contributed by atoms with E-state index in [0.717, 1.165) is 4.70 Å². The summed E-state index contributed by atoms with van der Waals surface area (Å²) in [4.78, 5) is 0.357. The van der Waals surface area contributed by atoms with Crippen LogP contribution >= 0.6 is 35.3 Å². The van der Waals surface area contributed by atoms with Gasteiger partial charge in [-0.2, -0.15) is 4.31 Å². The molecular formula is C13H16Cl2N2O2S2. The summed E-state index contributed by atoms with van der Waals surface area (Å²) in [5.74, 6) is 0. The van der Waals surface area contributed by atoms with Gasteiger partial charge in [-0.15, -0.1) is 23.7 Å². The molecule has 21 heavy (non-hydrogen) atoms. The number of nitrogens with two attached hydrogens (primary N) is 1. The van der Waals surface area contributed by atoms with Crippen LogP contribution in [-0.2, 0) is 10.0 Å². The van der Waals surface area contributed by atoms with Gasteiger partial charge in [0.25, 0.3) is 0 Å². The van der Waals surface area contributed by atoms with E-state index in [2.05, 4.69) is 0 Å². The molecule has 2 heterocycles. The summed E-state index contributed by atoms with van der Waals surface area (Å²) in [5.41, 5.74) is 5.83. The zero-order valence-electron chi connectivity index (χ0n) is 11.2. The highest BCUT2D eigenvalue weighted by molar-refractivity contribution is 7.89. The van der Waals surface area contributed by atoms with Crippen molar-refractivity contribution in [2.75, 3.05) is 13.1 Å². The molecule has 0 amide bonds. The monoisotopic (exact) mass is 366 g/mol. The normalized spacial score (nSPS) is 17.8. The Morgan fingerprint density at radius 3 is 2.62 bits per heavy atom. The zero-order chi connectivity index (χ0) is 14.3. The highest BCUT2D eigenvalue weighted by Gasteiger charge is 2.30. The second kappa shape index (κ2) is 6.40. The molecule has 0 radical (unpaired) electrons. The second-order valence-electron chi connectivity index (χ2n) is 4.98. The fraction of sp³-hybridized carbons (Fsp3) is 0.385. The Balaban J connectivity index is 0.00000161. The Labute approximate surface area is 139 Å². The molecule has 116 valence electrons. The Bertz CT molecular complexity index is 738. The number of piperidine rings is 1. The molecular weight excluding hydrogens is 351 g/mol. The first-order valence-corrected chi connectivity index (χ1v) is 9.11. The van der Waals surface area contributed by atoms with E-state index in [-0.39, 0.29) is 18.4 Å². The standard InChI is InChI=1S/C13H15ClN2O2S2.ClH/c14-9-1-2-12-11(7-9)13(8-19-12)20(17,18)16-5-3-10(15)4-6-16;/h1-2,7-8,10H,3-6,15H2;1H. The van der Waals surface area contributed by atoms with Crippen molar-refractivity contribution in [1.82, 2.24) is 4.31 Å². The van der Waals surface area contributed by atoms with E-state index in [9.17, 15) is 8.42 Å². The van der Waals surface area contributed by atoms with E-state index in [1.807, 2.05) is 6.07 Å². The molecule has 1 aromatic heterocycles. The number of hydrogen-bond donors (Lipinski definition) is 1. The molecule has 4 nitrogen and oxygen atoms in total. The van der Waals surface area contributed by atoms with Crippen LogP contribution in [0.25, 0.3) is 10.1 Å². The van der Waals surface area contributed by atoms with Crippen molar-refractivity contribution >= 4 is 55.5 Å². The predicted octanol–water partition coefficient (Wildman–Crippen LogP) is 3.09. The molecule has 0 atom stereocenters. The number of fused-ring (bicyclic) bond motifs is 1. The summed E-state index contributed by atoms with van der Waals surface area (Å²) >= 11 is 7.41. The zero-order valence-corrected chi connectivity index (χ0v) is 14.4. The Morgan fingerprint density at radius 2 is 1.95 bits per heavy atom. The summed E-state index contributed by atoms with van der Waals surface area (Å²) in [6.07, 6.45) is 1.42. The molecule has 0 saturated carbocycles. The molecule has 0 bridgehead atoms. The number of nitrogens with zero attached hydrogens (tertiary/aromatic N) is 1. The topological polar surface area (TPSA) is 63.4 Å². The van der Waals surface area contributed by atoms with Gasteiger partial charge in [-0.05, 0) is 31.0 Å². The van der Waals surface area contributed by atoms with Gasteiger partial charge in [0.15, 0.2) is 0 Å². The van der Waals surface area contributed by atoms with Crippen molar-refractivity contribution in [3.05, 3.63) is 28.6 Å². The second-order valence-corrected chi connectivity index (χ2v) is 8.24. The van der Waals surface area contributed by atoms with Gasteiger partial charge in [0.2, 0.25) is 10.0 Å². The van der Waals surface area contributed by atoms with Gasteiger partial charge < -0.3 is 5.73 Å². The number of rotatable bonds is 2. The molecule has 1 aliphatic heterocycles. The van der Waals surface area contributed by atoms with Crippen molar-refractivity contribution in [3.8, 4) is 0 Å². The average Bonchev–Trinajstić information content (AvgIpc) is 2.82. The minimum Gasteiger partial charge on any atom is -0.328 e. The van der Waals surface area contributed by atoms with Crippen LogP contribution in [0, 0.1) is 0 Å². The molecule has 0 aliphatic carbocycles. The fourth-order valence-electron chi connectivity index (χ4n) is 2.43. The molecule has 3 rings (SSSR count). The minimum atomic E-state index is -3.46. The lowest BCUT2D eigenvalue weighted by atomic mass is 10.1. The van der Waals surface area contributed by atoms with Crippen molar-refractivity contribution < 1.29 is 8.42 Å². The van der Waals surface area contributed by atoms with Crippen LogP contribution in [-0.4, -0.2) is 31.9 Å². The largest absolute Gasteiger partial charge is 0.328 e. The Hall–Kier alpha value is -0.370. The lowest BCUT2D eigenvalue weighted by Crippen LogP contribution is -2.42. The first-order valence-electron chi connectivity index (χ1n) is 6.41. The Morgan fingerprint density at radius 1 is 1.29 bits per heavy atom. The molecule has 1 aromatic carbocycles. The first-order chi connectivity index (χ1) is 9.48. The van der Waals surface area contributed by atoms with E-state index in [1.54, 1.807) is 17.5 Å². The SMILES string of the molecule is Cl.NC1CCN(S(=O)(=O)c2csc3ccc(Cl)cc23)CC1. The highest BCUT2D eigenvalue weighted by atomic mass is 35.5. The van der Waals surface area contributed by atoms with Crippen LogP contribution in [0.3, 0.4) is 0 Å². The van der Waals surface area contributed by atoms with E-state index in [1.165, 1.54) is 15.6 Å². The number of benzene rings is 1. The molecule has 8 heteroatoms. The molecule has 0 unspecified atom stereocenters. The predicted molar refractivity (Wildman–Crippen MR) is 90.1 cm³/mol. The van der Waals surface area contributed by atoms with Gasteiger partial charge >= 0.3 is 0 Å². The van der Waals surface area contributed by atoms with Crippen LogP contribution in [0.1, 0.15) is 12.8 Å². The average molecular weight is 367 g/mol. The third-order valence-electron chi connectivity index (χ3n) is 3.62. The van der Waals surface area contributed by atoms with Crippen LogP contribution in [0.5, 0.6) is 0 Å². The minimum absolute atomic E-state index is 0. The molecule has 1 fully saturated rings. The van der Waals surface area contributed by atoms with Crippen molar-refractivity contribution in [1.29, 1.82) is 0 Å². The molecule has 1 aliphatic rings. The summed E-state index contributed by atoms with van der Waals surface area (Å²) in [7, 11) is -3.46. The van der Waals surface area contributed by atoms with Gasteiger partial charge in [0.1, 0.15) is 4.90 Å². The number of thiophene rings is 1. The van der Waals surface area contributed by atoms with E-state index in [0.29, 0.717) is 41.2 Å². The summed E-state index contributed by atoms with van der Waals surface area (Å²) in [6.45, 7) is 0.975. The number of hydrogen-bond acceptors (Lipinski definition) is 4. The highest BCUT2D eigenvalue weighted by Crippen LogP contribution is 2.33. The van der Waals surface area contributed by atoms with Crippen molar-refractivity contribution in [2.24, 2.45) is 5.73 Å². The van der Waals surface area contributed by atoms with Crippen LogP contribution < -0.4 is 5.73 Å². The van der Waals surface area contributed by atoms with Gasteiger partial charge in [-0.3, -0.25) is 0 Å². The van der Waals surface area contributed by atoms with E-state index >= 15 is 0 Å². The smallest absolute Gasteiger partial charge is 0.244 e. The summed E-state index contributed by atoms with van der Waals surface area (Å²) in [5, 5.41) is 2.95. The fourth-order valence-corrected chi connectivity index (χ4v) is 5.52. The molecule has 2 N–H and O–H groups in total. The summed E-state index contributed by atoms with van der Waals surface area (Å²) < 4.78 is 27.9. The van der Waals surface area contributed by atoms with E-state index in [4.69, 9.17) is 17.3 Å². The van der Waals surface area contributed by atoms with Gasteiger partial charge in [-0.25, -0.2) is 8.42 Å². The van der Waals surface area contributed by atoms with Crippen LogP contribution in [0.2, 0.25) is 5.02 Å². The van der Waals surface area contributed by atoms with Crippen LogP contribution in [0.4, 0.5) is 0 Å². The number of halogens is 2. The van der Waals surface area contributed by atoms with E-state index < -0.39 is 10.0 Å². The lowest BCUT2D eigenvalue weighted by molar-refractivity contribution is 0.320. The molecule has 0 spiro atoms. The maximum absolute atomic E-state index is 12.7. The maximum atomic E-state index is 12.7. The third kappa shape index (κ3) is 3.21. The van der Waals surface area contributed by atoms with Gasteiger partial charge in [0.05, 0.1) is 0 Å². The number of sulfonamides is 1. The van der Waals surface area contributed by atoms with Crippen molar-refractivity contribution in [3.63, 3.8) is 0 Å². The lowest BCUT2D eigenvalue weighted by Gasteiger charge is -2.29. The van der Waals surface area contributed by atoms with Crippen molar-refractivity contribution in [2.45, 2.75) is 23.8 Å². The van der Waals surface area contributed by atoms with Crippen LogP contribution in [0.15, 0.2) is 28.5 Å². The maximum Gasteiger partial charge on any atom is 0.244 e.